The van der Waals surface area contributed by atoms with E-state index in [2.05, 4.69) is 140 Å². The topological polar surface area (TPSA) is 0 Å². The minimum Gasteiger partial charge on any atom is -0.0622 e. The summed E-state index contributed by atoms with van der Waals surface area (Å²) in [5.41, 5.74) is 4.94. The summed E-state index contributed by atoms with van der Waals surface area (Å²) in [5, 5.41) is 2.62. The lowest BCUT2D eigenvalue weighted by molar-refractivity contribution is 1.55. The molecule has 0 amide bonds. The van der Waals surface area contributed by atoms with Gasteiger partial charge in [0.25, 0.3) is 0 Å². The zero-order valence-electron chi connectivity index (χ0n) is 16.9. The molecule has 30 heavy (non-hydrogen) atoms. The fourth-order valence-corrected chi connectivity index (χ4v) is 3.42. The highest BCUT2D eigenvalue weighted by Gasteiger charge is 2.04. The molecule has 0 bridgehead atoms. The maximum atomic E-state index is 2.24. The van der Waals surface area contributed by atoms with Crippen molar-refractivity contribution in [1.82, 2.24) is 0 Å². The lowest BCUT2D eigenvalue weighted by Crippen LogP contribution is -1.87. The van der Waals surface area contributed by atoms with Crippen LogP contribution in [0, 0.1) is 0 Å². The van der Waals surface area contributed by atoms with Gasteiger partial charge in [0.2, 0.25) is 0 Å². The molecule has 0 aromatic heterocycles. The number of fused-ring (bicyclic) bond motifs is 1. The van der Waals surface area contributed by atoms with Crippen molar-refractivity contribution in [1.29, 1.82) is 0 Å². The molecule has 0 atom stereocenters. The normalized spacial score (nSPS) is 10.0. The fraction of sp³-hybridized carbons (Fsp3) is 0. The van der Waals surface area contributed by atoms with E-state index in [0.717, 1.165) is 0 Å². The van der Waals surface area contributed by atoms with Crippen LogP contribution < -0.4 is 0 Å². The number of hydrogen-bond acceptors (Lipinski definition) is 0. The van der Waals surface area contributed by atoms with E-state index < -0.39 is 0 Å². The predicted octanol–water partition coefficient (Wildman–Crippen LogP) is 8.12. The van der Waals surface area contributed by atoms with Gasteiger partial charge in [-0.15, -0.1) is 0 Å². The van der Waals surface area contributed by atoms with Crippen LogP contribution in [0.1, 0.15) is 16.7 Å². The number of hydrogen-bond donors (Lipinski definition) is 0. The Bertz CT molecular complexity index is 1100. The molecular weight excluding hydrogens is 360 g/mol. The van der Waals surface area contributed by atoms with E-state index in [-0.39, 0.29) is 0 Å². The predicted molar refractivity (Wildman–Crippen MR) is 130 cm³/mol. The van der Waals surface area contributed by atoms with Crippen LogP contribution in [0.15, 0.2) is 140 Å². The molecule has 0 saturated heterocycles. The smallest absolute Gasteiger partial charge is 0.0105 e. The van der Waals surface area contributed by atoms with Gasteiger partial charge in [0.05, 0.1) is 0 Å². The maximum Gasteiger partial charge on any atom is -0.0105 e. The van der Waals surface area contributed by atoms with Crippen LogP contribution in [-0.4, -0.2) is 0 Å². The standard InChI is InChI=1S/C20H16.C10H8/c1-4-10-17(11-5-1)16-20(18-12-6-2-7-13-18)19-14-8-3-9-15-19;1-2-6-10-8-4-3-7-9(10)5-1/h1-16H;1-8H. The van der Waals surface area contributed by atoms with E-state index in [1.807, 2.05) is 6.07 Å². The SMILES string of the molecule is C(=C(c1ccccc1)c1ccccc1)c1ccccc1.c1ccc2ccccc2c1. The summed E-state index contributed by atoms with van der Waals surface area (Å²) in [6.07, 6.45) is 2.24. The van der Waals surface area contributed by atoms with Crippen LogP contribution in [-0.2, 0) is 0 Å². The van der Waals surface area contributed by atoms with Crippen LogP contribution in [0.4, 0.5) is 0 Å². The van der Waals surface area contributed by atoms with E-state index in [0.29, 0.717) is 0 Å². The summed E-state index contributed by atoms with van der Waals surface area (Å²) in [6.45, 7) is 0. The van der Waals surface area contributed by atoms with Crippen molar-refractivity contribution in [3.8, 4) is 0 Å². The minimum absolute atomic E-state index is 1.22. The quantitative estimate of drug-likeness (QED) is 0.276. The van der Waals surface area contributed by atoms with Gasteiger partial charge in [0.1, 0.15) is 0 Å². The Morgan fingerprint density at radius 1 is 0.367 bits per heavy atom. The molecule has 0 aliphatic heterocycles. The summed E-state index contributed by atoms with van der Waals surface area (Å²) in [5.74, 6) is 0. The number of benzene rings is 5. The molecule has 5 aromatic rings. The monoisotopic (exact) mass is 384 g/mol. The Balaban J connectivity index is 0.000000181. The Morgan fingerprint density at radius 3 is 1.10 bits per heavy atom. The second kappa shape index (κ2) is 10.0. The Labute approximate surface area is 178 Å². The van der Waals surface area contributed by atoms with Crippen molar-refractivity contribution in [2.24, 2.45) is 0 Å². The Morgan fingerprint density at radius 2 is 0.700 bits per heavy atom. The van der Waals surface area contributed by atoms with Crippen molar-refractivity contribution in [3.05, 3.63) is 156 Å². The summed E-state index contributed by atoms with van der Waals surface area (Å²) >= 11 is 0. The molecular formula is C30H24. The Hall–Kier alpha value is -3.90. The highest BCUT2D eigenvalue weighted by Crippen LogP contribution is 2.25. The lowest BCUT2D eigenvalue weighted by Gasteiger charge is -2.08. The summed E-state index contributed by atoms with van der Waals surface area (Å²) in [7, 11) is 0. The van der Waals surface area contributed by atoms with Crippen molar-refractivity contribution in [2.45, 2.75) is 0 Å². The van der Waals surface area contributed by atoms with Gasteiger partial charge >= 0.3 is 0 Å². The third kappa shape index (κ3) is 5.12. The van der Waals surface area contributed by atoms with Gasteiger partial charge in [-0.05, 0) is 39.1 Å². The first-order valence-corrected chi connectivity index (χ1v) is 10.2. The lowest BCUT2D eigenvalue weighted by atomic mass is 9.96. The van der Waals surface area contributed by atoms with E-state index in [4.69, 9.17) is 0 Å². The molecule has 0 fully saturated rings. The van der Waals surface area contributed by atoms with Crippen LogP contribution in [0.25, 0.3) is 22.4 Å². The zero-order chi connectivity index (χ0) is 20.4. The van der Waals surface area contributed by atoms with Crippen LogP contribution in [0.5, 0.6) is 0 Å². The summed E-state index contributed by atoms with van der Waals surface area (Å²) < 4.78 is 0. The molecule has 144 valence electrons. The highest BCUT2D eigenvalue weighted by atomic mass is 14.1. The molecule has 0 nitrogen and oxygen atoms in total. The first-order valence-electron chi connectivity index (χ1n) is 10.2. The average Bonchev–Trinajstić information content (AvgIpc) is 2.85. The van der Waals surface area contributed by atoms with Gasteiger partial charge in [-0.25, -0.2) is 0 Å². The van der Waals surface area contributed by atoms with Crippen molar-refractivity contribution in [2.75, 3.05) is 0 Å². The van der Waals surface area contributed by atoms with Gasteiger partial charge in [-0.2, -0.15) is 0 Å². The van der Waals surface area contributed by atoms with Crippen LogP contribution in [0.3, 0.4) is 0 Å². The Kier molecular flexibility index (Phi) is 6.50. The molecule has 0 radical (unpaired) electrons. The van der Waals surface area contributed by atoms with Gasteiger partial charge in [-0.3, -0.25) is 0 Å². The molecule has 0 spiro atoms. The number of rotatable bonds is 3. The molecule has 0 heterocycles. The maximum absolute atomic E-state index is 2.24. The molecule has 0 aliphatic rings. The molecule has 0 N–H and O–H groups in total. The van der Waals surface area contributed by atoms with Crippen molar-refractivity contribution in [3.63, 3.8) is 0 Å². The summed E-state index contributed by atoms with van der Waals surface area (Å²) in [4.78, 5) is 0. The van der Waals surface area contributed by atoms with Crippen LogP contribution in [0.2, 0.25) is 0 Å². The zero-order valence-corrected chi connectivity index (χ0v) is 16.9. The highest BCUT2D eigenvalue weighted by molar-refractivity contribution is 5.91. The molecule has 0 heteroatoms. The van der Waals surface area contributed by atoms with E-state index in [9.17, 15) is 0 Å². The van der Waals surface area contributed by atoms with Crippen molar-refractivity contribution >= 4 is 22.4 Å². The molecule has 0 unspecified atom stereocenters. The first-order chi connectivity index (χ1) is 14.9. The first kappa shape index (κ1) is 19.4. The third-order valence-corrected chi connectivity index (χ3v) is 4.94. The van der Waals surface area contributed by atoms with Crippen molar-refractivity contribution < 1.29 is 0 Å². The average molecular weight is 385 g/mol. The molecule has 5 rings (SSSR count). The summed E-state index contributed by atoms with van der Waals surface area (Å²) in [6, 6.07) is 48.2. The second-order valence-corrected chi connectivity index (χ2v) is 7.05. The fourth-order valence-electron chi connectivity index (χ4n) is 3.42. The largest absolute Gasteiger partial charge is 0.0622 e. The molecule has 0 saturated carbocycles. The third-order valence-electron chi connectivity index (χ3n) is 4.94. The van der Waals surface area contributed by atoms with Gasteiger partial charge in [-0.1, -0.05) is 140 Å². The van der Waals surface area contributed by atoms with E-state index >= 15 is 0 Å². The molecule has 5 aromatic carbocycles. The molecule has 0 aliphatic carbocycles. The van der Waals surface area contributed by atoms with Crippen LogP contribution >= 0.6 is 0 Å². The van der Waals surface area contributed by atoms with Gasteiger partial charge < -0.3 is 0 Å². The minimum atomic E-state index is 1.22. The second-order valence-electron chi connectivity index (χ2n) is 7.05. The van der Waals surface area contributed by atoms with Gasteiger partial charge in [0, 0.05) is 0 Å². The van der Waals surface area contributed by atoms with Gasteiger partial charge in [0.15, 0.2) is 0 Å². The van der Waals surface area contributed by atoms with E-state index in [1.54, 1.807) is 0 Å². The van der Waals surface area contributed by atoms with E-state index in [1.165, 1.54) is 33.0 Å².